The molecule has 106 valence electrons. The number of hydrogen-bond donors (Lipinski definition) is 2. The first-order valence-corrected chi connectivity index (χ1v) is 6.68. The van der Waals surface area contributed by atoms with E-state index in [0.717, 1.165) is 12.8 Å². The van der Waals surface area contributed by atoms with Crippen LogP contribution < -0.4 is 10.5 Å². The fraction of sp³-hybridized carbons (Fsp3) is 0.462. The Morgan fingerprint density at radius 2 is 2.11 bits per heavy atom. The van der Waals surface area contributed by atoms with Crippen molar-refractivity contribution in [1.29, 1.82) is 0 Å². The summed E-state index contributed by atoms with van der Waals surface area (Å²) in [5, 5.41) is 12.8. The van der Waals surface area contributed by atoms with Gasteiger partial charge in [-0.3, -0.25) is 0 Å². The average Bonchev–Trinajstić information content (AvgIpc) is 2.37. The lowest BCUT2D eigenvalue weighted by Crippen LogP contribution is -2.32. The van der Waals surface area contributed by atoms with Gasteiger partial charge in [-0.25, -0.2) is 0 Å². The van der Waals surface area contributed by atoms with Crippen molar-refractivity contribution in [2.24, 2.45) is 16.3 Å². The van der Waals surface area contributed by atoms with E-state index in [1.165, 1.54) is 0 Å². The maximum atomic E-state index is 8.67. The van der Waals surface area contributed by atoms with Gasteiger partial charge < -0.3 is 15.7 Å². The minimum Gasteiger partial charge on any atom is -0.492 e. The van der Waals surface area contributed by atoms with Crippen LogP contribution in [-0.2, 0) is 0 Å². The fourth-order valence-electron chi connectivity index (χ4n) is 1.55. The topological polar surface area (TPSA) is 67.8 Å². The van der Waals surface area contributed by atoms with E-state index in [9.17, 15) is 0 Å². The number of benzene rings is 1. The first-order valence-electron chi connectivity index (χ1n) is 5.92. The van der Waals surface area contributed by atoms with Crippen LogP contribution in [0.4, 0.5) is 0 Å². The van der Waals surface area contributed by atoms with E-state index in [0.29, 0.717) is 22.4 Å². The van der Waals surface area contributed by atoms with Gasteiger partial charge in [0, 0.05) is 16.5 Å². The van der Waals surface area contributed by atoms with Gasteiger partial charge in [-0.2, -0.15) is 0 Å². The lowest BCUT2D eigenvalue weighted by Gasteiger charge is -2.22. The van der Waals surface area contributed by atoms with Gasteiger partial charge in [0.15, 0.2) is 0 Å². The molecule has 0 aromatic heterocycles. The first-order chi connectivity index (χ1) is 8.86. The Labute approximate surface area is 123 Å². The fourth-order valence-corrected chi connectivity index (χ4v) is 1.88. The quantitative estimate of drug-likeness (QED) is 0.275. The number of amidine groups is 1. The van der Waals surface area contributed by atoms with E-state index >= 15 is 0 Å². The number of oxime groups is 1. The van der Waals surface area contributed by atoms with Gasteiger partial charge in [-0.15, -0.1) is 0 Å². The van der Waals surface area contributed by atoms with Crippen LogP contribution in [0.3, 0.4) is 0 Å². The van der Waals surface area contributed by atoms with Gasteiger partial charge in [-0.05, 0) is 25.0 Å². The number of hydrogen-bond acceptors (Lipinski definition) is 3. The molecular formula is C13H18Cl2N2O2. The number of rotatable bonds is 6. The standard InChI is InChI=1S/C13H18Cl2N2O2/c1-13(2,12(16)17-18)6-3-7-19-11-8-9(14)4-5-10(11)15/h4-5,8,18H,3,6-7H2,1-2H3,(H2,16,17). The molecule has 3 N–H and O–H groups in total. The molecule has 1 aromatic rings. The highest BCUT2D eigenvalue weighted by molar-refractivity contribution is 6.34. The van der Waals surface area contributed by atoms with Crippen LogP contribution in [0, 0.1) is 5.41 Å². The second kappa shape index (κ2) is 6.87. The van der Waals surface area contributed by atoms with Gasteiger partial charge >= 0.3 is 0 Å². The summed E-state index contributed by atoms with van der Waals surface area (Å²) in [6.07, 6.45) is 1.49. The Morgan fingerprint density at radius 3 is 2.74 bits per heavy atom. The van der Waals surface area contributed by atoms with E-state index in [1.54, 1.807) is 18.2 Å². The van der Waals surface area contributed by atoms with E-state index in [2.05, 4.69) is 5.16 Å². The maximum absolute atomic E-state index is 8.67. The Morgan fingerprint density at radius 1 is 1.42 bits per heavy atom. The summed E-state index contributed by atoms with van der Waals surface area (Å²) in [6, 6.07) is 5.08. The van der Waals surface area contributed by atoms with Gasteiger partial charge in [-0.1, -0.05) is 42.2 Å². The zero-order valence-electron chi connectivity index (χ0n) is 11.0. The van der Waals surface area contributed by atoms with Gasteiger partial charge in [0.1, 0.15) is 11.6 Å². The van der Waals surface area contributed by atoms with Gasteiger partial charge in [0.2, 0.25) is 0 Å². The van der Waals surface area contributed by atoms with Crippen molar-refractivity contribution < 1.29 is 9.94 Å². The predicted octanol–water partition coefficient (Wildman–Crippen LogP) is 3.93. The molecule has 0 unspecified atom stereocenters. The molecule has 0 aliphatic rings. The van der Waals surface area contributed by atoms with Gasteiger partial charge in [0.25, 0.3) is 0 Å². The van der Waals surface area contributed by atoms with Crippen molar-refractivity contribution in [3.63, 3.8) is 0 Å². The third-order valence-corrected chi connectivity index (χ3v) is 3.45. The zero-order chi connectivity index (χ0) is 14.5. The summed E-state index contributed by atoms with van der Waals surface area (Å²) in [7, 11) is 0. The summed E-state index contributed by atoms with van der Waals surface area (Å²) >= 11 is 11.8. The molecule has 1 aromatic carbocycles. The highest BCUT2D eigenvalue weighted by Gasteiger charge is 2.22. The molecule has 4 nitrogen and oxygen atoms in total. The molecule has 0 aliphatic carbocycles. The number of nitrogens with zero attached hydrogens (tertiary/aromatic N) is 1. The van der Waals surface area contributed by atoms with E-state index in [4.69, 9.17) is 38.9 Å². The second-order valence-corrected chi connectivity index (χ2v) is 5.74. The molecule has 0 atom stereocenters. The summed E-state index contributed by atoms with van der Waals surface area (Å²) in [5.41, 5.74) is 5.24. The smallest absolute Gasteiger partial charge is 0.144 e. The predicted molar refractivity (Wildman–Crippen MR) is 78.4 cm³/mol. The van der Waals surface area contributed by atoms with Crippen molar-refractivity contribution in [2.45, 2.75) is 26.7 Å². The van der Waals surface area contributed by atoms with Crippen LogP contribution in [0.2, 0.25) is 10.0 Å². The van der Waals surface area contributed by atoms with Crippen LogP contribution in [0.5, 0.6) is 5.75 Å². The molecule has 0 radical (unpaired) electrons. The molecule has 0 spiro atoms. The minimum absolute atomic E-state index is 0.216. The number of halogens is 2. The lowest BCUT2D eigenvalue weighted by molar-refractivity contribution is 0.277. The Kier molecular flexibility index (Phi) is 5.76. The van der Waals surface area contributed by atoms with Crippen molar-refractivity contribution in [3.8, 4) is 5.75 Å². The lowest BCUT2D eigenvalue weighted by atomic mass is 9.87. The molecular weight excluding hydrogens is 287 g/mol. The molecule has 0 bridgehead atoms. The summed E-state index contributed by atoms with van der Waals surface area (Å²) in [5.74, 6) is 0.782. The van der Waals surface area contributed by atoms with E-state index in [1.807, 2.05) is 13.8 Å². The van der Waals surface area contributed by atoms with Crippen molar-refractivity contribution in [2.75, 3.05) is 6.61 Å². The van der Waals surface area contributed by atoms with Gasteiger partial charge in [0.05, 0.1) is 11.6 Å². The van der Waals surface area contributed by atoms with Crippen LogP contribution in [0.25, 0.3) is 0 Å². The maximum Gasteiger partial charge on any atom is 0.144 e. The normalized spacial score (nSPS) is 12.5. The van der Waals surface area contributed by atoms with Crippen LogP contribution in [-0.4, -0.2) is 17.6 Å². The molecule has 1 rings (SSSR count). The van der Waals surface area contributed by atoms with Crippen LogP contribution >= 0.6 is 23.2 Å². The Bertz CT molecular complexity index is 462. The molecule has 0 fully saturated rings. The summed E-state index contributed by atoms with van der Waals surface area (Å²) < 4.78 is 5.57. The third kappa shape index (κ3) is 4.80. The Balaban J connectivity index is 2.45. The van der Waals surface area contributed by atoms with E-state index in [-0.39, 0.29) is 11.3 Å². The van der Waals surface area contributed by atoms with Crippen molar-refractivity contribution in [1.82, 2.24) is 0 Å². The molecule has 6 heteroatoms. The Hall–Kier alpha value is -1.13. The molecule has 0 heterocycles. The molecule has 0 amide bonds. The molecule has 0 saturated heterocycles. The highest BCUT2D eigenvalue weighted by Crippen LogP contribution is 2.28. The molecule has 0 saturated carbocycles. The SMILES string of the molecule is CC(C)(CCCOc1cc(Cl)ccc1Cl)C(N)=NO. The molecule has 0 aliphatic heterocycles. The largest absolute Gasteiger partial charge is 0.492 e. The summed E-state index contributed by atoms with van der Waals surface area (Å²) in [6.45, 7) is 4.31. The molecule has 19 heavy (non-hydrogen) atoms. The number of nitrogens with two attached hydrogens (primary N) is 1. The zero-order valence-corrected chi connectivity index (χ0v) is 12.5. The highest BCUT2D eigenvalue weighted by atomic mass is 35.5. The first kappa shape index (κ1) is 15.9. The monoisotopic (exact) mass is 304 g/mol. The van der Waals surface area contributed by atoms with Crippen molar-refractivity contribution >= 4 is 29.0 Å². The van der Waals surface area contributed by atoms with E-state index < -0.39 is 0 Å². The number of ether oxygens (including phenoxy) is 1. The third-order valence-electron chi connectivity index (χ3n) is 2.90. The minimum atomic E-state index is -0.365. The average molecular weight is 305 g/mol. The van der Waals surface area contributed by atoms with Crippen LogP contribution in [0.1, 0.15) is 26.7 Å². The summed E-state index contributed by atoms with van der Waals surface area (Å²) in [4.78, 5) is 0. The van der Waals surface area contributed by atoms with Crippen LogP contribution in [0.15, 0.2) is 23.4 Å². The second-order valence-electron chi connectivity index (χ2n) is 4.90. The van der Waals surface area contributed by atoms with Crippen molar-refractivity contribution in [3.05, 3.63) is 28.2 Å².